The zero-order chi connectivity index (χ0) is 16.2. The quantitative estimate of drug-likeness (QED) is 0.790. The molecule has 23 heavy (non-hydrogen) atoms. The Hall–Kier alpha value is -2.49. The molecule has 1 aliphatic rings. The van der Waals surface area contributed by atoms with Gasteiger partial charge in [-0.25, -0.2) is 0 Å². The minimum absolute atomic E-state index is 0.224. The Bertz CT molecular complexity index is 694. The van der Waals surface area contributed by atoms with E-state index in [1.807, 2.05) is 56.3 Å². The standard InChI is InChI=1S/C19H20O4/c1-3-21-16-10-14-11-18(20)23-19(13-8-6-5-7-9-13)15(14)12-17(16)22-4-2/h5-10,12,19H,3-4,11H2,1-2H3/t19-/m1/s1. The molecule has 0 aromatic heterocycles. The lowest BCUT2D eigenvalue weighted by atomic mass is 9.92. The van der Waals surface area contributed by atoms with Gasteiger partial charge in [-0.3, -0.25) is 4.79 Å². The van der Waals surface area contributed by atoms with E-state index in [0.717, 1.165) is 16.7 Å². The number of carbonyl (C=O) groups is 1. The Kier molecular flexibility index (Phi) is 4.51. The van der Waals surface area contributed by atoms with E-state index in [2.05, 4.69) is 0 Å². The number of fused-ring (bicyclic) bond motifs is 1. The molecule has 0 radical (unpaired) electrons. The fourth-order valence-electron chi connectivity index (χ4n) is 2.82. The highest BCUT2D eigenvalue weighted by atomic mass is 16.5. The predicted octanol–water partition coefficient (Wildman–Crippen LogP) is 3.67. The van der Waals surface area contributed by atoms with E-state index in [0.29, 0.717) is 24.7 Å². The second kappa shape index (κ2) is 6.73. The van der Waals surface area contributed by atoms with Gasteiger partial charge in [0.25, 0.3) is 0 Å². The van der Waals surface area contributed by atoms with Crippen LogP contribution >= 0.6 is 0 Å². The maximum Gasteiger partial charge on any atom is 0.311 e. The number of hydrogen-bond donors (Lipinski definition) is 0. The summed E-state index contributed by atoms with van der Waals surface area (Å²) in [6.07, 6.45) is -0.146. The van der Waals surface area contributed by atoms with E-state index >= 15 is 0 Å². The molecule has 0 saturated heterocycles. The maximum absolute atomic E-state index is 12.0. The van der Waals surface area contributed by atoms with Crippen LogP contribution in [0.3, 0.4) is 0 Å². The molecule has 0 fully saturated rings. The molecule has 1 atom stereocenters. The highest BCUT2D eigenvalue weighted by Crippen LogP contribution is 2.40. The van der Waals surface area contributed by atoms with Gasteiger partial charge in [-0.1, -0.05) is 30.3 Å². The fraction of sp³-hybridized carbons (Fsp3) is 0.316. The van der Waals surface area contributed by atoms with E-state index in [9.17, 15) is 4.79 Å². The predicted molar refractivity (Wildman–Crippen MR) is 86.9 cm³/mol. The third kappa shape index (κ3) is 3.16. The van der Waals surface area contributed by atoms with Gasteiger partial charge in [0.2, 0.25) is 0 Å². The first kappa shape index (κ1) is 15.4. The van der Waals surface area contributed by atoms with Crippen LogP contribution in [0.2, 0.25) is 0 Å². The molecule has 4 heteroatoms. The average molecular weight is 312 g/mol. The topological polar surface area (TPSA) is 44.8 Å². The molecule has 2 aromatic carbocycles. The molecule has 120 valence electrons. The van der Waals surface area contributed by atoms with Crippen LogP contribution in [-0.2, 0) is 16.0 Å². The summed E-state index contributed by atoms with van der Waals surface area (Å²) < 4.78 is 17.0. The number of cyclic esters (lactones) is 1. The van der Waals surface area contributed by atoms with Gasteiger partial charge in [-0.15, -0.1) is 0 Å². The molecule has 1 heterocycles. The fourth-order valence-corrected chi connectivity index (χ4v) is 2.82. The highest BCUT2D eigenvalue weighted by Gasteiger charge is 2.29. The second-order valence-corrected chi connectivity index (χ2v) is 5.32. The van der Waals surface area contributed by atoms with E-state index in [1.54, 1.807) is 0 Å². The minimum atomic E-state index is -0.401. The third-order valence-electron chi connectivity index (χ3n) is 3.77. The third-order valence-corrected chi connectivity index (χ3v) is 3.77. The summed E-state index contributed by atoms with van der Waals surface area (Å²) in [6, 6.07) is 13.6. The first-order valence-electron chi connectivity index (χ1n) is 7.89. The largest absolute Gasteiger partial charge is 0.490 e. The molecular formula is C19H20O4. The van der Waals surface area contributed by atoms with Crippen LogP contribution in [0.4, 0.5) is 0 Å². The molecule has 2 aromatic rings. The summed E-state index contributed by atoms with van der Waals surface area (Å²) in [5.41, 5.74) is 2.85. The van der Waals surface area contributed by atoms with Crippen molar-refractivity contribution in [2.45, 2.75) is 26.4 Å². The monoisotopic (exact) mass is 312 g/mol. The van der Waals surface area contributed by atoms with Crippen LogP contribution in [-0.4, -0.2) is 19.2 Å². The number of carbonyl (C=O) groups excluding carboxylic acids is 1. The number of hydrogen-bond acceptors (Lipinski definition) is 4. The van der Waals surface area contributed by atoms with Gasteiger partial charge in [-0.2, -0.15) is 0 Å². The lowest BCUT2D eigenvalue weighted by Crippen LogP contribution is -2.22. The molecule has 0 bridgehead atoms. The van der Waals surface area contributed by atoms with Crippen molar-refractivity contribution in [2.24, 2.45) is 0 Å². The number of esters is 1. The summed E-state index contributed by atoms with van der Waals surface area (Å²) in [6.45, 7) is 4.96. The van der Waals surface area contributed by atoms with Crippen LogP contribution in [0.5, 0.6) is 11.5 Å². The van der Waals surface area contributed by atoms with Crippen LogP contribution in [0, 0.1) is 0 Å². The van der Waals surface area contributed by atoms with E-state index in [4.69, 9.17) is 14.2 Å². The summed E-state index contributed by atoms with van der Waals surface area (Å²) in [5, 5.41) is 0. The summed E-state index contributed by atoms with van der Waals surface area (Å²) in [5.74, 6) is 1.14. The van der Waals surface area contributed by atoms with Gasteiger partial charge in [0.05, 0.1) is 19.6 Å². The minimum Gasteiger partial charge on any atom is -0.490 e. The van der Waals surface area contributed by atoms with E-state index < -0.39 is 6.10 Å². The summed E-state index contributed by atoms with van der Waals surface area (Å²) in [7, 11) is 0. The van der Waals surface area contributed by atoms with Crippen molar-refractivity contribution in [3.05, 3.63) is 59.2 Å². The van der Waals surface area contributed by atoms with Gasteiger partial charge >= 0.3 is 5.97 Å². The Morgan fingerprint density at radius 2 is 1.70 bits per heavy atom. The summed E-state index contributed by atoms with van der Waals surface area (Å²) >= 11 is 0. The molecule has 0 amide bonds. The van der Waals surface area contributed by atoms with Crippen molar-refractivity contribution in [3.8, 4) is 11.5 Å². The molecular weight excluding hydrogens is 292 g/mol. The SMILES string of the molecule is CCOc1cc2c(cc1OCC)[C@@H](c1ccccc1)OC(=O)C2. The molecule has 0 aliphatic carbocycles. The van der Waals surface area contributed by atoms with Crippen molar-refractivity contribution in [3.63, 3.8) is 0 Å². The Balaban J connectivity index is 2.09. The Morgan fingerprint density at radius 1 is 1.04 bits per heavy atom. The van der Waals surface area contributed by atoms with Gasteiger partial charge in [0, 0.05) is 5.56 Å². The Labute approximate surface area is 136 Å². The molecule has 0 N–H and O–H groups in total. The van der Waals surface area contributed by atoms with Gasteiger partial charge in [0.1, 0.15) is 0 Å². The van der Waals surface area contributed by atoms with Crippen LogP contribution in [0.15, 0.2) is 42.5 Å². The summed E-state index contributed by atoms with van der Waals surface area (Å²) in [4.78, 5) is 12.0. The molecule has 0 spiro atoms. The van der Waals surface area contributed by atoms with Gasteiger partial charge < -0.3 is 14.2 Å². The molecule has 1 aliphatic heterocycles. The van der Waals surface area contributed by atoms with E-state index in [-0.39, 0.29) is 12.4 Å². The molecule has 4 nitrogen and oxygen atoms in total. The second-order valence-electron chi connectivity index (χ2n) is 5.32. The van der Waals surface area contributed by atoms with Crippen molar-refractivity contribution in [1.29, 1.82) is 0 Å². The average Bonchev–Trinajstić information content (AvgIpc) is 2.56. The van der Waals surface area contributed by atoms with Crippen molar-refractivity contribution >= 4 is 5.97 Å². The smallest absolute Gasteiger partial charge is 0.311 e. The van der Waals surface area contributed by atoms with Gasteiger partial charge in [0.15, 0.2) is 17.6 Å². The first-order valence-corrected chi connectivity index (χ1v) is 7.89. The normalized spacial score (nSPS) is 16.4. The molecule has 0 unspecified atom stereocenters. The van der Waals surface area contributed by atoms with E-state index in [1.165, 1.54) is 0 Å². The number of ether oxygens (including phenoxy) is 3. The number of benzene rings is 2. The van der Waals surface area contributed by atoms with Crippen molar-refractivity contribution in [1.82, 2.24) is 0 Å². The van der Waals surface area contributed by atoms with Crippen LogP contribution in [0.25, 0.3) is 0 Å². The van der Waals surface area contributed by atoms with Crippen molar-refractivity contribution < 1.29 is 19.0 Å². The van der Waals surface area contributed by atoms with Gasteiger partial charge in [-0.05, 0) is 37.1 Å². The van der Waals surface area contributed by atoms with Crippen LogP contribution in [0.1, 0.15) is 36.6 Å². The lowest BCUT2D eigenvalue weighted by molar-refractivity contribution is -0.148. The number of rotatable bonds is 5. The van der Waals surface area contributed by atoms with Crippen molar-refractivity contribution in [2.75, 3.05) is 13.2 Å². The lowest BCUT2D eigenvalue weighted by Gasteiger charge is -2.27. The van der Waals surface area contributed by atoms with Crippen LogP contribution < -0.4 is 9.47 Å². The zero-order valence-corrected chi connectivity index (χ0v) is 13.4. The molecule has 0 saturated carbocycles. The highest BCUT2D eigenvalue weighted by molar-refractivity contribution is 5.77. The Morgan fingerprint density at radius 3 is 2.35 bits per heavy atom. The molecule has 3 rings (SSSR count). The maximum atomic E-state index is 12.0. The zero-order valence-electron chi connectivity index (χ0n) is 13.4. The first-order chi connectivity index (χ1) is 11.2.